The van der Waals surface area contributed by atoms with Gasteiger partial charge in [-0.2, -0.15) is 0 Å². The quantitative estimate of drug-likeness (QED) is 0.894. The van der Waals surface area contributed by atoms with Crippen LogP contribution in [0.5, 0.6) is 0 Å². The molecule has 3 atom stereocenters. The summed E-state index contributed by atoms with van der Waals surface area (Å²) in [7, 11) is 0. The molecular weight excluding hydrogens is 302 g/mol. The van der Waals surface area contributed by atoms with E-state index in [2.05, 4.69) is 23.0 Å². The number of fused-ring (bicyclic) bond motifs is 1. The number of nitrogens with one attached hydrogen (secondary N) is 2. The minimum Gasteiger partial charge on any atom is -0.312 e. The molecule has 4 rings (SSSR count). The lowest BCUT2D eigenvalue weighted by Gasteiger charge is -2.41. The normalized spacial score (nSPS) is 30.2. The van der Waals surface area contributed by atoms with Crippen LogP contribution in [0.3, 0.4) is 0 Å². The van der Waals surface area contributed by atoms with Crippen molar-refractivity contribution < 1.29 is 9.59 Å². The van der Waals surface area contributed by atoms with Gasteiger partial charge in [0.15, 0.2) is 0 Å². The third-order valence-corrected chi connectivity index (χ3v) is 5.81. The Bertz CT molecular complexity index is 645. The predicted octanol–water partition coefficient (Wildman–Crippen LogP) is 2.17. The Balaban J connectivity index is 1.50. The number of benzene rings is 1. The Labute approximate surface area is 142 Å². The largest absolute Gasteiger partial charge is 0.312 e. The van der Waals surface area contributed by atoms with Crippen LogP contribution in [0, 0.1) is 11.8 Å². The molecule has 1 aliphatic carbocycles. The molecule has 2 N–H and O–H groups in total. The lowest BCUT2D eigenvalue weighted by molar-refractivity contribution is -0.133. The second-order valence-electron chi connectivity index (χ2n) is 7.32. The van der Waals surface area contributed by atoms with E-state index in [4.69, 9.17) is 0 Å². The van der Waals surface area contributed by atoms with E-state index in [1.165, 1.54) is 12.0 Å². The monoisotopic (exact) mass is 327 g/mol. The maximum atomic E-state index is 12.1. The maximum absolute atomic E-state index is 12.1. The topological polar surface area (TPSA) is 61.4 Å². The first-order valence-corrected chi connectivity index (χ1v) is 9.17. The van der Waals surface area contributed by atoms with Crippen molar-refractivity contribution in [3.05, 3.63) is 29.8 Å². The number of carbonyl (C=O) groups is 2. The molecule has 24 heavy (non-hydrogen) atoms. The Hall–Kier alpha value is -1.88. The van der Waals surface area contributed by atoms with Crippen molar-refractivity contribution in [2.45, 2.75) is 51.0 Å². The van der Waals surface area contributed by atoms with Crippen LogP contribution in [0.4, 0.5) is 5.69 Å². The molecule has 0 bridgehead atoms. The number of hydrogen-bond donors (Lipinski definition) is 2. The standard InChI is InChI=1S/C19H25N3O2/c23-18-9-4-10-22(18)14-6-3-5-13(11-14)12-17-15-7-1-2-8-16(15)19(24)21-20-17/h3,5-6,11,15-17,20H,1-2,4,7-10,12H2,(H,21,24). The van der Waals surface area contributed by atoms with E-state index in [1.807, 2.05) is 17.0 Å². The summed E-state index contributed by atoms with van der Waals surface area (Å²) in [6.07, 6.45) is 7.00. The molecule has 2 heterocycles. The molecule has 0 spiro atoms. The number of amides is 2. The fourth-order valence-electron chi connectivity index (χ4n) is 4.56. The molecular formula is C19H25N3O2. The highest BCUT2D eigenvalue weighted by Crippen LogP contribution is 2.35. The number of nitrogens with zero attached hydrogens (tertiary/aromatic N) is 1. The summed E-state index contributed by atoms with van der Waals surface area (Å²) in [6.45, 7) is 0.824. The Morgan fingerprint density at radius 1 is 1.12 bits per heavy atom. The van der Waals surface area contributed by atoms with Gasteiger partial charge in [0.1, 0.15) is 0 Å². The first-order chi connectivity index (χ1) is 11.7. The van der Waals surface area contributed by atoms with Gasteiger partial charge in [-0.15, -0.1) is 0 Å². The van der Waals surface area contributed by atoms with Gasteiger partial charge in [0.2, 0.25) is 11.8 Å². The Kier molecular flexibility index (Phi) is 4.27. The molecule has 5 heteroatoms. The maximum Gasteiger partial charge on any atom is 0.237 e. The zero-order valence-corrected chi connectivity index (χ0v) is 14.0. The minimum atomic E-state index is 0.160. The van der Waals surface area contributed by atoms with Gasteiger partial charge in [0.05, 0.1) is 0 Å². The highest BCUT2D eigenvalue weighted by molar-refractivity contribution is 5.95. The summed E-state index contributed by atoms with van der Waals surface area (Å²) in [5, 5.41) is 0. The third-order valence-electron chi connectivity index (χ3n) is 5.81. The number of anilines is 1. The molecule has 5 nitrogen and oxygen atoms in total. The molecule has 0 aromatic heterocycles. The van der Waals surface area contributed by atoms with Crippen molar-refractivity contribution in [1.29, 1.82) is 0 Å². The van der Waals surface area contributed by atoms with Crippen LogP contribution < -0.4 is 15.8 Å². The van der Waals surface area contributed by atoms with Crippen LogP contribution in [-0.4, -0.2) is 24.4 Å². The van der Waals surface area contributed by atoms with Gasteiger partial charge in [-0.05, 0) is 49.3 Å². The minimum absolute atomic E-state index is 0.160. The molecule has 128 valence electrons. The van der Waals surface area contributed by atoms with E-state index in [0.717, 1.165) is 44.3 Å². The van der Waals surface area contributed by atoms with E-state index >= 15 is 0 Å². The molecule has 2 amide bonds. The predicted molar refractivity (Wildman–Crippen MR) is 92.2 cm³/mol. The number of rotatable bonds is 3. The zero-order valence-electron chi connectivity index (χ0n) is 14.0. The number of hydrazine groups is 1. The second kappa shape index (κ2) is 6.55. The van der Waals surface area contributed by atoms with Crippen molar-refractivity contribution in [3.8, 4) is 0 Å². The van der Waals surface area contributed by atoms with Crippen LogP contribution in [0.2, 0.25) is 0 Å². The third kappa shape index (κ3) is 2.93. The van der Waals surface area contributed by atoms with E-state index in [0.29, 0.717) is 12.3 Å². The van der Waals surface area contributed by atoms with Crippen molar-refractivity contribution in [2.75, 3.05) is 11.4 Å². The fraction of sp³-hybridized carbons (Fsp3) is 0.579. The van der Waals surface area contributed by atoms with E-state index in [9.17, 15) is 9.59 Å². The summed E-state index contributed by atoms with van der Waals surface area (Å²) < 4.78 is 0. The molecule has 1 aromatic rings. The first kappa shape index (κ1) is 15.6. The molecule has 3 fully saturated rings. The highest BCUT2D eigenvalue weighted by Gasteiger charge is 2.39. The van der Waals surface area contributed by atoms with Crippen molar-refractivity contribution in [3.63, 3.8) is 0 Å². The van der Waals surface area contributed by atoms with Gasteiger partial charge in [-0.3, -0.25) is 15.0 Å². The van der Waals surface area contributed by atoms with Gasteiger partial charge in [-0.1, -0.05) is 25.0 Å². The molecule has 1 saturated carbocycles. The van der Waals surface area contributed by atoms with Crippen molar-refractivity contribution in [1.82, 2.24) is 10.9 Å². The number of carbonyl (C=O) groups excluding carboxylic acids is 2. The van der Waals surface area contributed by atoms with Crippen molar-refractivity contribution in [2.24, 2.45) is 11.8 Å². The zero-order chi connectivity index (χ0) is 16.5. The van der Waals surface area contributed by atoms with Crippen molar-refractivity contribution >= 4 is 17.5 Å². The van der Waals surface area contributed by atoms with Crippen LogP contribution in [0.15, 0.2) is 24.3 Å². The van der Waals surface area contributed by atoms with Crippen LogP contribution in [0.1, 0.15) is 44.1 Å². The van der Waals surface area contributed by atoms with Crippen LogP contribution >= 0.6 is 0 Å². The number of hydrogen-bond acceptors (Lipinski definition) is 3. The van der Waals surface area contributed by atoms with Crippen LogP contribution in [0.25, 0.3) is 0 Å². The van der Waals surface area contributed by atoms with Gasteiger partial charge in [-0.25, -0.2) is 5.43 Å². The van der Waals surface area contributed by atoms with Gasteiger partial charge in [0.25, 0.3) is 0 Å². The molecule has 1 aromatic carbocycles. The average molecular weight is 327 g/mol. The summed E-state index contributed by atoms with van der Waals surface area (Å²) in [4.78, 5) is 25.9. The second-order valence-corrected chi connectivity index (χ2v) is 7.32. The highest BCUT2D eigenvalue weighted by atomic mass is 16.2. The van der Waals surface area contributed by atoms with E-state index < -0.39 is 0 Å². The lowest BCUT2D eigenvalue weighted by atomic mass is 9.72. The summed E-state index contributed by atoms with van der Waals surface area (Å²) in [5.41, 5.74) is 8.35. The fourth-order valence-corrected chi connectivity index (χ4v) is 4.56. The summed E-state index contributed by atoms with van der Waals surface area (Å²) in [5.74, 6) is 0.966. The van der Waals surface area contributed by atoms with E-state index in [1.54, 1.807) is 0 Å². The smallest absolute Gasteiger partial charge is 0.237 e. The Morgan fingerprint density at radius 2 is 2.00 bits per heavy atom. The summed E-state index contributed by atoms with van der Waals surface area (Å²) in [6, 6.07) is 8.60. The molecule has 2 aliphatic heterocycles. The summed E-state index contributed by atoms with van der Waals surface area (Å²) >= 11 is 0. The van der Waals surface area contributed by atoms with E-state index in [-0.39, 0.29) is 23.8 Å². The van der Waals surface area contributed by atoms with Crippen LogP contribution in [-0.2, 0) is 16.0 Å². The molecule has 0 radical (unpaired) electrons. The lowest BCUT2D eigenvalue weighted by Crippen LogP contribution is -2.60. The molecule has 3 unspecified atom stereocenters. The van der Waals surface area contributed by atoms with Gasteiger partial charge in [0, 0.05) is 30.6 Å². The molecule has 2 saturated heterocycles. The van der Waals surface area contributed by atoms with Gasteiger partial charge >= 0.3 is 0 Å². The first-order valence-electron chi connectivity index (χ1n) is 9.17. The van der Waals surface area contributed by atoms with Gasteiger partial charge < -0.3 is 4.90 Å². The average Bonchev–Trinajstić information content (AvgIpc) is 3.04. The molecule has 3 aliphatic rings. The SMILES string of the molecule is O=C1NNC(Cc2cccc(N3CCCC3=O)c2)C2CCCCC12. The Morgan fingerprint density at radius 3 is 2.83 bits per heavy atom.